The molecule has 0 aromatic carbocycles. The van der Waals surface area contributed by atoms with E-state index in [9.17, 15) is 0 Å². The van der Waals surface area contributed by atoms with Crippen molar-refractivity contribution in [3.8, 4) is 0 Å². The molecule has 0 N–H and O–H groups in total. The number of fused-ring (bicyclic) bond motifs is 5. The summed E-state index contributed by atoms with van der Waals surface area (Å²) < 4.78 is 15.9. The standard InChI is InChI=1S/C41H71F/c1-4-5-6-7-8-9-10-11-12-13-14-15-16-17-18-19-20-21-38(42)37-25-24-35-34-23-22-33-32-41(30-31-41)29-28-39(33,2)36(34)26-27-40(35,37)3/h22,34-38H,4-21,23-32H2,1-3H3/t34?,35-,36-,37+,38+,39-,40-/m0/s1. The summed E-state index contributed by atoms with van der Waals surface area (Å²) in [5, 5.41) is 0. The van der Waals surface area contributed by atoms with Gasteiger partial charge in [0.1, 0.15) is 6.17 Å². The number of hydrogen-bond acceptors (Lipinski definition) is 0. The van der Waals surface area contributed by atoms with E-state index in [1.54, 1.807) is 0 Å². The Morgan fingerprint density at radius 3 is 1.79 bits per heavy atom. The third kappa shape index (κ3) is 7.72. The Morgan fingerprint density at radius 2 is 1.21 bits per heavy atom. The largest absolute Gasteiger partial charge is 0.247 e. The summed E-state index contributed by atoms with van der Waals surface area (Å²) in [5.74, 6) is 2.84. The van der Waals surface area contributed by atoms with Gasteiger partial charge in [0.05, 0.1) is 0 Å². The van der Waals surface area contributed by atoms with Crippen LogP contribution in [0.1, 0.15) is 201 Å². The maximum atomic E-state index is 15.9. The Kier molecular flexibility index (Phi) is 12.0. The van der Waals surface area contributed by atoms with E-state index in [0.717, 1.165) is 36.0 Å². The lowest BCUT2D eigenvalue weighted by atomic mass is 9.46. The van der Waals surface area contributed by atoms with E-state index in [1.807, 2.05) is 5.57 Å². The normalized spacial score (nSPS) is 35.4. The molecule has 5 aliphatic carbocycles. The Bertz CT molecular complexity index is 838. The van der Waals surface area contributed by atoms with Crippen molar-refractivity contribution in [1.29, 1.82) is 0 Å². The fourth-order valence-electron chi connectivity index (χ4n) is 11.3. The molecule has 4 fully saturated rings. The van der Waals surface area contributed by atoms with E-state index in [2.05, 4.69) is 26.8 Å². The summed E-state index contributed by atoms with van der Waals surface area (Å²) in [6, 6.07) is 0. The zero-order chi connectivity index (χ0) is 29.5. The minimum atomic E-state index is -0.553. The van der Waals surface area contributed by atoms with Crippen molar-refractivity contribution >= 4 is 0 Å². The molecule has 5 rings (SSSR count). The summed E-state index contributed by atoms with van der Waals surface area (Å²) in [7, 11) is 0. The molecule has 0 aromatic rings. The highest BCUT2D eigenvalue weighted by molar-refractivity contribution is 5.28. The predicted octanol–water partition coefficient (Wildman–Crippen LogP) is 13.7. The van der Waals surface area contributed by atoms with Crippen LogP contribution in [-0.4, -0.2) is 6.17 Å². The molecular weight excluding hydrogens is 511 g/mol. The van der Waals surface area contributed by atoms with Crippen molar-refractivity contribution in [2.75, 3.05) is 0 Å². The maximum Gasteiger partial charge on any atom is 0.103 e. The molecule has 4 saturated carbocycles. The lowest BCUT2D eigenvalue weighted by Gasteiger charge is -2.58. The summed E-state index contributed by atoms with van der Waals surface area (Å²) in [6.07, 6.45) is 40.6. The second-order valence-electron chi connectivity index (χ2n) is 17.1. The average Bonchev–Trinajstić information content (AvgIpc) is 3.64. The van der Waals surface area contributed by atoms with Crippen molar-refractivity contribution in [2.24, 2.45) is 39.9 Å². The van der Waals surface area contributed by atoms with Gasteiger partial charge < -0.3 is 0 Å². The molecule has 0 heterocycles. The molecule has 242 valence electrons. The first-order valence-corrected chi connectivity index (χ1v) is 19.8. The number of hydrogen-bond donors (Lipinski definition) is 0. The fraction of sp³-hybridized carbons (Fsp3) is 0.951. The monoisotopic (exact) mass is 583 g/mol. The molecule has 5 aliphatic rings. The van der Waals surface area contributed by atoms with Gasteiger partial charge in [-0.25, -0.2) is 4.39 Å². The molecule has 7 atom stereocenters. The van der Waals surface area contributed by atoms with Crippen LogP contribution in [0.5, 0.6) is 0 Å². The smallest absolute Gasteiger partial charge is 0.103 e. The Balaban J connectivity index is 0.921. The molecule has 0 aromatic heterocycles. The van der Waals surface area contributed by atoms with E-state index in [0.29, 0.717) is 11.3 Å². The molecular formula is C41H71F. The highest BCUT2D eigenvalue weighted by atomic mass is 19.1. The van der Waals surface area contributed by atoms with Crippen LogP contribution in [0.3, 0.4) is 0 Å². The van der Waals surface area contributed by atoms with Crippen LogP contribution in [0.25, 0.3) is 0 Å². The van der Waals surface area contributed by atoms with Gasteiger partial charge in [0.15, 0.2) is 0 Å². The van der Waals surface area contributed by atoms with Crippen LogP contribution in [0.2, 0.25) is 0 Å². The summed E-state index contributed by atoms with van der Waals surface area (Å²) in [5.41, 5.74) is 3.32. The number of halogens is 1. The molecule has 0 aliphatic heterocycles. The second kappa shape index (κ2) is 15.3. The lowest BCUT2D eigenvalue weighted by Crippen LogP contribution is -2.50. The van der Waals surface area contributed by atoms with Crippen LogP contribution in [0.4, 0.5) is 4.39 Å². The Morgan fingerprint density at radius 1 is 0.667 bits per heavy atom. The first-order valence-electron chi connectivity index (χ1n) is 19.8. The third-order valence-electron chi connectivity index (χ3n) is 14.4. The van der Waals surface area contributed by atoms with Gasteiger partial charge in [-0.3, -0.25) is 0 Å². The van der Waals surface area contributed by atoms with Crippen LogP contribution in [-0.2, 0) is 0 Å². The minimum absolute atomic E-state index is 0.267. The van der Waals surface area contributed by atoms with E-state index >= 15 is 4.39 Å². The zero-order valence-electron chi connectivity index (χ0n) is 28.6. The van der Waals surface area contributed by atoms with Crippen molar-refractivity contribution in [3.05, 3.63) is 11.6 Å². The first kappa shape index (κ1) is 33.0. The third-order valence-corrected chi connectivity index (χ3v) is 14.4. The second-order valence-corrected chi connectivity index (χ2v) is 17.1. The van der Waals surface area contributed by atoms with E-state index in [-0.39, 0.29) is 5.41 Å². The molecule has 1 unspecified atom stereocenters. The van der Waals surface area contributed by atoms with Crippen LogP contribution < -0.4 is 0 Å². The Hall–Kier alpha value is -0.330. The van der Waals surface area contributed by atoms with Crippen molar-refractivity contribution < 1.29 is 4.39 Å². The highest BCUT2D eigenvalue weighted by Gasteiger charge is 2.61. The summed E-state index contributed by atoms with van der Waals surface area (Å²) >= 11 is 0. The van der Waals surface area contributed by atoms with Crippen molar-refractivity contribution in [1.82, 2.24) is 0 Å². The summed E-state index contributed by atoms with van der Waals surface area (Å²) in [4.78, 5) is 0. The van der Waals surface area contributed by atoms with Gasteiger partial charge in [0.25, 0.3) is 0 Å². The van der Waals surface area contributed by atoms with Gasteiger partial charge in [0.2, 0.25) is 0 Å². The zero-order valence-corrected chi connectivity index (χ0v) is 28.6. The van der Waals surface area contributed by atoms with Crippen LogP contribution >= 0.6 is 0 Å². The maximum absolute atomic E-state index is 15.9. The number of allylic oxidation sites excluding steroid dienone is 2. The quantitative estimate of drug-likeness (QED) is 0.105. The predicted molar refractivity (Wildman–Crippen MR) is 181 cm³/mol. The number of rotatable bonds is 19. The molecule has 0 saturated heterocycles. The van der Waals surface area contributed by atoms with Gasteiger partial charge in [-0.05, 0) is 111 Å². The minimum Gasteiger partial charge on any atom is -0.247 e. The summed E-state index contributed by atoms with van der Waals surface area (Å²) in [6.45, 7) is 7.49. The average molecular weight is 583 g/mol. The molecule has 0 amide bonds. The SMILES string of the molecule is CCCCCCCCCCCCCCCCCCC[C@@H](F)[C@H]1CC[C@H]2C3CC=C4CC5(CC5)CC[C@]4(C)[C@H]3CC[C@]12C. The topological polar surface area (TPSA) is 0 Å². The molecule has 1 spiro atoms. The van der Waals surface area contributed by atoms with Gasteiger partial charge in [0, 0.05) is 0 Å². The van der Waals surface area contributed by atoms with Crippen molar-refractivity contribution in [2.45, 2.75) is 207 Å². The fourth-order valence-corrected chi connectivity index (χ4v) is 11.3. The van der Waals surface area contributed by atoms with Crippen LogP contribution in [0.15, 0.2) is 11.6 Å². The van der Waals surface area contributed by atoms with Crippen molar-refractivity contribution in [3.63, 3.8) is 0 Å². The van der Waals surface area contributed by atoms with E-state index in [1.165, 1.54) is 167 Å². The molecule has 0 bridgehead atoms. The number of unbranched alkanes of at least 4 members (excludes halogenated alkanes) is 16. The molecule has 0 nitrogen and oxygen atoms in total. The molecule has 42 heavy (non-hydrogen) atoms. The molecule has 0 radical (unpaired) electrons. The van der Waals surface area contributed by atoms with Gasteiger partial charge in [-0.2, -0.15) is 0 Å². The van der Waals surface area contributed by atoms with E-state index < -0.39 is 6.17 Å². The van der Waals surface area contributed by atoms with Gasteiger partial charge in [-0.15, -0.1) is 0 Å². The van der Waals surface area contributed by atoms with Gasteiger partial charge in [-0.1, -0.05) is 142 Å². The first-order chi connectivity index (χ1) is 20.4. The van der Waals surface area contributed by atoms with Gasteiger partial charge >= 0.3 is 0 Å². The van der Waals surface area contributed by atoms with E-state index in [4.69, 9.17) is 0 Å². The number of alkyl halides is 1. The highest BCUT2D eigenvalue weighted by Crippen LogP contribution is 2.70. The molecule has 1 heteroatoms. The lowest BCUT2D eigenvalue weighted by molar-refractivity contribution is -0.0580. The Labute approximate surface area is 262 Å². The van der Waals surface area contributed by atoms with Crippen LogP contribution in [0, 0.1) is 39.9 Å².